The summed E-state index contributed by atoms with van der Waals surface area (Å²) in [6, 6.07) is 29.1. The van der Waals surface area contributed by atoms with Crippen molar-refractivity contribution in [1.29, 1.82) is 0 Å². The number of hydrogen-bond donors (Lipinski definition) is 2. The molecule has 0 spiro atoms. The predicted molar refractivity (Wildman–Crippen MR) is 129 cm³/mol. The smallest absolute Gasteiger partial charge is 0.356 e. The lowest BCUT2D eigenvalue weighted by molar-refractivity contribution is 0.341. The second-order valence-electron chi connectivity index (χ2n) is 7.61. The first-order chi connectivity index (χ1) is 15.5. The molecule has 6 heteroatoms. The van der Waals surface area contributed by atoms with Crippen LogP contribution >= 0.6 is 7.60 Å². The van der Waals surface area contributed by atoms with Gasteiger partial charge in [0.15, 0.2) is 0 Å². The van der Waals surface area contributed by atoms with Crippen LogP contribution in [0.1, 0.15) is 6.92 Å². The molecule has 0 unspecified atom stereocenters. The van der Waals surface area contributed by atoms with Crippen molar-refractivity contribution in [2.45, 2.75) is 6.92 Å². The Morgan fingerprint density at radius 3 is 2.28 bits per heavy atom. The Morgan fingerprint density at radius 2 is 1.53 bits per heavy atom. The van der Waals surface area contributed by atoms with Crippen LogP contribution < -0.4 is 10.0 Å². The van der Waals surface area contributed by atoms with Gasteiger partial charge in [-0.3, -0.25) is 4.57 Å². The van der Waals surface area contributed by atoms with Crippen LogP contribution in [0.5, 0.6) is 5.75 Å². The van der Waals surface area contributed by atoms with Crippen LogP contribution in [-0.4, -0.2) is 21.0 Å². The number of aromatic nitrogens is 1. The van der Waals surface area contributed by atoms with Crippen LogP contribution in [0.4, 0.5) is 0 Å². The molecule has 0 aliphatic heterocycles. The van der Waals surface area contributed by atoms with Crippen molar-refractivity contribution in [3.63, 3.8) is 0 Å². The van der Waals surface area contributed by atoms with Gasteiger partial charge in [-0.05, 0) is 66.6 Å². The first-order valence-corrected chi connectivity index (χ1v) is 12.0. The van der Waals surface area contributed by atoms with Crippen LogP contribution in [-0.2, 0) is 4.57 Å². The lowest BCUT2D eigenvalue weighted by Gasteiger charge is -2.11. The predicted octanol–water partition coefficient (Wildman–Crippen LogP) is 5.65. The molecule has 0 amide bonds. The topological polar surface area (TPSA) is 71.7 Å². The van der Waals surface area contributed by atoms with E-state index in [4.69, 9.17) is 4.74 Å². The molecule has 32 heavy (non-hydrogen) atoms. The Bertz CT molecular complexity index is 1480. The highest BCUT2D eigenvalue weighted by Crippen LogP contribution is 2.36. The van der Waals surface area contributed by atoms with E-state index in [1.807, 2.05) is 37.3 Å². The molecular formula is C26H22NO4P. The summed E-state index contributed by atoms with van der Waals surface area (Å²) >= 11 is 0. The Balaban J connectivity index is 1.67. The molecule has 0 atom stereocenters. The molecule has 4 aromatic carbocycles. The van der Waals surface area contributed by atoms with E-state index in [1.54, 1.807) is 12.1 Å². The van der Waals surface area contributed by atoms with Crippen molar-refractivity contribution >= 4 is 34.7 Å². The lowest BCUT2D eigenvalue weighted by Crippen LogP contribution is -2.02. The van der Waals surface area contributed by atoms with Gasteiger partial charge in [0.25, 0.3) is 0 Å². The van der Waals surface area contributed by atoms with Gasteiger partial charge in [0.1, 0.15) is 5.75 Å². The van der Waals surface area contributed by atoms with E-state index in [9.17, 15) is 14.4 Å². The summed E-state index contributed by atoms with van der Waals surface area (Å²) in [6.07, 6.45) is 0. The van der Waals surface area contributed by atoms with Gasteiger partial charge in [-0.1, -0.05) is 42.5 Å². The fourth-order valence-corrected chi connectivity index (χ4v) is 4.70. The SMILES string of the molecule is CCOc1ccc2c(c1)c1ccccc1n2-c1cccc(-c2ccc(P(=O)(O)O)cc2)c1. The van der Waals surface area contributed by atoms with Gasteiger partial charge in [0, 0.05) is 16.5 Å². The molecule has 0 radical (unpaired) electrons. The number of nitrogens with zero attached hydrogens (tertiary/aromatic N) is 1. The third kappa shape index (κ3) is 3.61. The number of rotatable bonds is 5. The Hall–Kier alpha value is -3.37. The molecule has 5 aromatic rings. The van der Waals surface area contributed by atoms with Crippen LogP contribution in [0.15, 0.2) is 91.0 Å². The summed E-state index contributed by atoms with van der Waals surface area (Å²) in [5.74, 6) is 0.849. The first kappa shape index (κ1) is 20.5. The zero-order chi connectivity index (χ0) is 22.3. The van der Waals surface area contributed by atoms with E-state index in [2.05, 4.69) is 41.0 Å². The largest absolute Gasteiger partial charge is 0.494 e. The number of ether oxygens (including phenoxy) is 1. The summed E-state index contributed by atoms with van der Waals surface area (Å²) in [7, 11) is -4.26. The number of fused-ring (bicyclic) bond motifs is 3. The molecule has 0 aliphatic carbocycles. The summed E-state index contributed by atoms with van der Waals surface area (Å²) in [6.45, 7) is 2.60. The molecule has 0 aliphatic rings. The van der Waals surface area contributed by atoms with Crippen molar-refractivity contribution in [3.05, 3.63) is 91.0 Å². The zero-order valence-corrected chi connectivity index (χ0v) is 18.4. The summed E-state index contributed by atoms with van der Waals surface area (Å²) in [5.41, 5.74) is 5.06. The molecular weight excluding hydrogens is 421 g/mol. The molecule has 5 rings (SSSR count). The van der Waals surface area contributed by atoms with Gasteiger partial charge < -0.3 is 19.1 Å². The molecule has 0 fully saturated rings. The van der Waals surface area contributed by atoms with E-state index in [0.717, 1.165) is 44.4 Å². The first-order valence-electron chi connectivity index (χ1n) is 10.4. The normalized spacial score (nSPS) is 11.8. The van der Waals surface area contributed by atoms with E-state index >= 15 is 0 Å². The highest BCUT2D eigenvalue weighted by Gasteiger charge is 2.17. The van der Waals surface area contributed by atoms with E-state index in [-0.39, 0.29) is 5.30 Å². The molecule has 2 N–H and O–H groups in total. The van der Waals surface area contributed by atoms with E-state index in [1.165, 1.54) is 12.1 Å². The van der Waals surface area contributed by atoms with E-state index in [0.29, 0.717) is 6.61 Å². The molecule has 5 nitrogen and oxygen atoms in total. The molecule has 0 saturated carbocycles. The number of para-hydroxylation sites is 1. The molecule has 0 saturated heterocycles. The number of hydrogen-bond acceptors (Lipinski definition) is 2. The summed E-state index contributed by atoms with van der Waals surface area (Å²) in [5, 5.41) is 2.30. The Kier molecular flexibility index (Phi) is 5.10. The summed E-state index contributed by atoms with van der Waals surface area (Å²) < 4.78 is 19.4. The standard InChI is InChI=1S/C26H22NO4P/c1-2-31-21-12-15-26-24(17-21)23-8-3-4-9-25(23)27(26)20-7-5-6-19(16-20)18-10-13-22(14-11-18)32(28,29)30/h3-17H,2H2,1H3,(H2,28,29,30). The Morgan fingerprint density at radius 1 is 0.781 bits per heavy atom. The van der Waals surface area contributed by atoms with Crippen LogP contribution in [0.2, 0.25) is 0 Å². The minimum atomic E-state index is -4.26. The highest BCUT2D eigenvalue weighted by atomic mass is 31.2. The van der Waals surface area contributed by atoms with Gasteiger partial charge in [0.05, 0.1) is 22.9 Å². The third-order valence-corrected chi connectivity index (χ3v) is 6.57. The number of benzene rings is 4. The monoisotopic (exact) mass is 443 g/mol. The van der Waals surface area contributed by atoms with Crippen LogP contribution in [0.25, 0.3) is 38.6 Å². The van der Waals surface area contributed by atoms with Gasteiger partial charge in [-0.2, -0.15) is 0 Å². The fourth-order valence-electron chi connectivity index (χ4n) is 4.16. The average molecular weight is 443 g/mol. The quantitative estimate of drug-likeness (QED) is 0.344. The lowest BCUT2D eigenvalue weighted by atomic mass is 10.1. The molecule has 0 bridgehead atoms. The second kappa shape index (κ2) is 7.95. The maximum Gasteiger partial charge on any atom is 0.356 e. The highest BCUT2D eigenvalue weighted by molar-refractivity contribution is 7.60. The van der Waals surface area contributed by atoms with E-state index < -0.39 is 7.60 Å². The minimum Gasteiger partial charge on any atom is -0.494 e. The average Bonchev–Trinajstić information content (AvgIpc) is 3.13. The van der Waals surface area contributed by atoms with Gasteiger partial charge >= 0.3 is 7.60 Å². The van der Waals surface area contributed by atoms with Crippen LogP contribution in [0, 0.1) is 0 Å². The van der Waals surface area contributed by atoms with Gasteiger partial charge in [-0.25, -0.2) is 0 Å². The molecule has 160 valence electrons. The van der Waals surface area contributed by atoms with Crippen molar-refractivity contribution < 1.29 is 19.1 Å². The van der Waals surface area contributed by atoms with Gasteiger partial charge in [-0.15, -0.1) is 0 Å². The fraction of sp³-hybridized carbons (Fsp3) is 0.0769. The second-order valence-corrected chi connectivity index (χ2v) is 9.21. The maximum absolute atomic E-state index is 11.5. The summed E-state index contributed by atoms with van der Waals surface area (Å²) in [4.78, 5) is 18.7. The van der Waals surface area contributed by atoms with Crippen molar-refractivity contribution in [1.82, 2.24) is 4.57 Å². The third-order valence-electron chi connectivity index (χ3n) is 5.60. The molecule has 1 heterocycles. The van der Waals surface area contributed by atoms with Crippen molar-refractivity contribution in [2.75, 3.05) is 6.61 Å². The van der Waals surface area contributed by atoms with Gasteiger partial charge in [0.2, 0.25) is 0 Å². The van der Waals surface area contributed by atoms with Crippen LogP contribution in [0.3, 0.4) is 0 Å². The zero-order valence-electron chi connectivity index (χ0n) is 17.5. The minimum absolute atomic E-state index is 0.0184. The molecule has 1 aromatic heterocycles. The maximum atomic E-state index is 11.5. The van der Waals surface area contributed by atoms with Crippen molar-refractivity contribution in [3.8, 4) is 22.6 Å². The van der Waals surface area contributed by atoms with Crippen molar-refractivity contribution in [2.24, 2.45) is 0 Å². The Labute approximate surface area is 185 Å².